The Morgan fingerprint density at radius 1 is 1.17 bits per heavy atom. The van der Waals surface area contributed by atoms with E-state index < -0.39 is 0 Å². The second-order valence-electron chi connectivity index (χ2n) is 6.31. The molecule has 1 N–H and O–H groups in total. The van der Waals surface area contributed by atoms with Gasteiger partial charge in [0.1, 0.15) is 12.1 Å². The fourth-order valence-electron chi connectivity index (χ4n) is 2.19. The van der Waals surface area contributed by atoms with Crippen LogP contribution in [0.5, 0.6) is 0 Å². The quantitative estimate of drug-likeness (QED) is 0.839. The van der Waals surface area contributed by atoms with Gasteiger partial charge in [-0.3, -0.25) is 4.99 Å². The Morgan fingerprint density at radius 3 is 2.30 bits per heavy atom. The molecule has 0 saturated heterocycles. The van der Waals surface area contributed by atoms with Crippen molar-refractivity contribution < 1.29 is 0 Å². The van der Waals surface area contributed by atoms with Gasteiger partial charge in [0.25, 0.3) is 0 Å². The molecule has 0 amide bonds. The molecule has 0 aliphatic carbocycles. The zero-order chi connectivity index (χ0) is 16.9. The number of thioether (sulfide) groups is 1. The monoisotopic (exact) mass is 324 g/mol. The smallest absolute Gasteiger partial charge is 0.161 e. The molecule has 0 unspecified atom stereocenters. The van der Waals surface area contributed by atoms with Crippen LogP contribution >= 0.6 is 11.8 Å². The van der Waals surface area contributed by atoms with E-state index in [0.29, 0.717) is 5.70 Å². The summed E-state index contributed by atoms with van der Waals surface area (Å²) in [4.78, 5) is 4.42. The van der Waals surface area contributed by atoms with E-state index >= 15 is 0 Å². The summed E-state index contributed by atoms with van der Waals surface area (Å²) >= 11 is 1.62. The molecular formula is C18H20N4S. The van der Waals surface area contributed by atoms with Gasteiger partial charge in [0, 0.05) is 17.9 Å². The lowest BCUT2D eigenvalue weighted by Gasteiger charge is -2.20. The summed E-state index contributed by atoms with van der Waals surface area (Å²) in [5.74, 6) is 0.997. The van der Waals surface area contributed by atoms with Crippen LogP contribution in [-0.4, -0.2) is 17.5 Å². The van der Waals surface area contributed by atoms with E-state index in [-0.39, 0.29) is 11.0 Å². The highest BCUT2D eigenvalue weighted by Gasteiger charge is 2.16. The molecule has 0 radical (unpaired) electrons. The molecule has 1 aliphatic rings. The Morgan fingerprint density at radius 2 is 1.83 bits per heavy atom. The Hall–Kier alpha value is -2.24. The van der Waals surface area contributed by atoms with Crippen LogP contribution in [0, 0.1) is 22.7 Å². The second kappa shape index (κ2) is 7.35. The third kappa shape index (κ3) is 4.37. The van der Waals surface area contributed by atoms with Crippen LogP contribution in [0.25, 0.3) is 5.70 Å². The van der Waals surface area contributed by atoms with E-state index in [1.807, 2.05) is 36.4 Å². The van der Waals surface area contributed by atoms with Crippen molar-refractivity contribution >= 4 is 22.6 Å². The summed E-state index contributed by atoms with van der Waals surface area (Å²) in [6.45, 7) is 7.24. The lowest BCUT2D eigenvalue weighted by Crippen LogP contribution is -2.23. The van der Waals surface area contributed by atoms with E-state index in [9.17, 15) is 10.5 Å². The van der Waals surface area contributed by atoms with E-state index in [4.69, 9.17) is 0 Å². The molecule has 23 heavy (non-hydrogen) atoms. The zero-order valence-corrected chi connectivity index (χ0v) is 14.5. The molecule has 4 nitrogen and oxygen atoms in total. The average molecular weight is 324 g/mol. The number of rotatable bonds is 2. The first-order chi connectivity index (χ1) is 11.0. The molecule has 0 fully saturated rings. The summed E-state index contributed by atoms with van der Waals surface area (Å²) in [6, 6.07) is 11.9. The standard InChI is InChI=1S/C18H20N4S/c1-18(2,3)15-7-5-13(6-8-15)16(14(11-19)12-20)22-17-21-9-4-10-23-17/h5-8H,4,9-10H2,1-3H3,(H,21,22). The lowest BCUT2D eigenvalue weighted by molar-refractivity contribution is 0.590. The van der Waals surface area contributed by atoms with Crippen molar-refractivity contribution in [2.24, 2.45) is 4.99 Å². The van der Waals surface area contributed by atoms with E-state index in [1.54, 1.807) is 11.8 Å². The summed E-state index contributed by atoms with van der Waals surface area (Å²) in [5, 5.41) is 22.5. The molecule has 118 valence electrons. The largest absolute Gasteiger partial charge is 0.333 e. The molecule has 5 heteroatoms. The van der Waals surface area contributed by atoms with Gasteiger partial charge in [-0.2, -0.15) is 10.5 Å². The highest BCUT2D eigenvalue weighted by Crippen LogP contribution is 2.25. The van der Waals surface area contributed by atoms with Crippen LogP contribution in [0.4, 0.5) is 0 Å². The Labute approximate surface area is 141 Å². The van der Waals surface area contributed by atoms with Crippen molar-refractivity contribution in [1.82, 2.24) is 5.32 Å². The van der Waals surface area contributed by atoms with Crippen LogP contribution < -0.4 is 5.32 Å². The number of benzene rings is 1. The fraction of sp³-hybridized carbons (Fsp3) is 0.389. The van der Waals surface area contributed by atoms with E-state index in [1.165, 1.54) is 5.56 Å². The third-order valence-electron chi connectivity index (χ3n) is 3.54. The Kier molecular flexibility index (Phi) is 5.47. The summed E-state index contributed by atoms with van der Waals surface area (Å²) in [5.41, 5.74) is 2.70. The van der Waals surface area contributed by atoms with Crippen LogP contribution in [0.3, 0.4) is 0 Å². The van der Waals surface area contributed by atoms with Gasteiger partial charge in [0.05, 0.1) is 5.70 Å². The molecule has 2 rings (SSSR count). The number of nitrogens with one attached hydrogen (secondary N) is 1. The van der Waals surface area contributed by atoms with Crippen molar-refractivity contribution in [3.8, 4) is 12.1 Å². The van der Waals surface area contributed by atoms with Crippen LogP contribution in [0.1, 0.15) is 38.3 Å². The van der Waals surface area contributed by atoms with Gasteiger partial charge in [0.15, 0.2) is 10.7 Å². The molecule has 0 aromatic heterocycles. The van der Waals surface area contributed by atoms with Gasteiger partial charge < -0.3 is 5.32 Å². The number of hydrogen-bond acceptors (Lipinski definition) is 5. The van der Waals surface area contributed by atoms with Crippen molar-refractivity contribution in [1.29, 1.82) is 10.5 Å². The average Bonchev–Trinajstić information content (AvgIpc) is 2.55. The van der Waals surface area contributed by atoms with E-state index in [2.05, 4.69) is 31.1 Å². The van der Waals surface area contributed by atoms with E-state index in [0.717, 1.165) is 29.4 Å². The van der Waals surface area contributed by atoms with Crippen LogP contribution in [0.15, 0.2) is 34.8 Å². The number of amidine groups is 1. The topological polar surface area (TPSA) is 72.0 Å². The first-order valence-corrected chi connectivity index (χ1v) is 8.54. The Bertz CT molecular complexity index is 693. The molecule has 1 aliphatic heterocycles. The summed E-state index contributed by atoms with van der Waals surface area (Å²) < 4.78 is 0. The van der Waals surface area contributed by atoms with Gasteiger partial charge in [-0.25, -0.2) is 0 Å². The van der Waals surface area contributed by atoms with Crippen molar-refractivity contribution in [2.75, 3.05) is 12.3 Å². The molecule has 0 saturated carbocycles. The maximum absolute atomic E-state index is 9.25. The number of aliphatic imine (C=N–C) groups is 1. The van der Waals surface area contributed by atoms with Gasteiger partial charge in [0.2, 0.25) is 0 Å². The molecular weight excluding hydrogens is 304 g/mol. The van der Waals surface area contributed by atoms with Crippen molar-refractivity contribution in [2.45, 2.75) is 32.6 Å². The van der Waals surface area contributed by atoms with Gasteiger partial charge in [-0.15, -0.1) is 0 Å². The minimum atomic E-state index is 0.0619. The van der Waals surface area contributed by atoms with Crippen molar-refractivity contribution in [3.63, 3.8) is 0 Å². The summed E-state index contributed by atoms with van der Waals surface area (Å²) in [6.07, 6.45) is 1.05. The normalized spacial score (nSPS) is 14.2. The first kappa shape index (κ1) is 17.1. The molecule has 1 aromatic carbocycles. The zero-order valence-electron chi connectivity index (χ0n) is 13.7. The summed E-state index contributed by atoms with van der Waals surface area (Å²) in [7, 11) is 0. The van der Waals surface area contributed by atoms with Gasteiger partial charge >= 0.3 is 0 Å². The lowest BCUT2D eigenvalue weighted by atomic mass is 9.86. The molecule has 0 bridgehead atoms. The maximum Gasteiger partial charge on any atom is 0.161 e. The minimum absolute atomic E-state index is 0.0619. The van der Waals surface area contributed by atoms with Crippen LogP contribution in [0.2, 0.25) is 0 Å². The van der Waals surface area contributed by atoms with Crippen molar-refractivity contribution in [3.05, 3.63) is 41.0 Å². The third-order valence-corrected chi connectivity index (χ3v) is 4.54. The highest BCUT2D eigenvalue weighted by molar-refractivity contribution is 8.13. The minimum Gasteiger partial charge on any atom is -0.333 e. The highest BCUT2D eigenvalue weighted by atomic mass is 32.2. The molecule has 1 heterocycles. The maximum atomic E-state index is 9.25. The second-order valence-corrected chi connectivity index (χ2v) is 7.40. The Balaban J connectivity index is 2.39. The first-order valence-electron chi connectivity index (χ1n) is 7.55. The molecule has 0 spiro atoms. The SMILES string of the molecule is CC(C)(C)c1ccc(C(NC2=NCCCS2)=C(C#N)C#N)cc1. The fourth-order valence-corrected chi connectivity index (χ4v) is 3.02. The number of hydrogen-bond donors (Lipinski definition) is 1. The molecule has 1 aromatic rings. The predicted molar refractivity (Wildman–Crippen MR) is 95.8 cm³/mol. The number of nitrogens with zero attached hydrogens (tertiary/aromatic N) is 3. The van der Waals surface area contributed by atoms with Gasteiger partial charge in [-0.05, 0) is 17.4 Å². The van der Waals surface area contributed by atoms with Gasteiger partial charge in [-0.1, -0.05) is 56.8 Å². The molecule has 0 atom stereocenters. The number of allylic oxidation sites excluding steroid dienone is 1. The van der Waals surface area contributed by atoms with Crippen LogP contribution in [-0.2, 0) is 5.41 Å². The number of nitriles is 2. The predicted octanol–water partition coefficient (Wildman–Crippen LogP) is 3.82.